The second-order valence-corrected chi connectivity index (χ2v) is 6.61. The maximum atomic E-state index is 13.4. The lowest BCUT2D eigenvalue weighted by Crippen LogP contribution is -2.34. The predicted molar refractivity (Wildman–Crippen MR) is 84.6 cm³/mol. The molecule has 2 aromatic rings. The van der Waals surface area contributed by atoms with Crippen LogP contribution in [0.3, 0.4) is 0 Å². The molecule has 2 aliphatic rings. The number of carbonyl (C=O) groups excluding carboxylic acids is 1. The number of hydrogen-bond donors (Lipinski definition) is 2. The minimum absolute atomic E-state index is 0.155. The lowest BCUT2D eigenvalue weighted by molar-refractivity contribution is 0.0781. The standard InChI is InChI=1S/C17H18FN3O2/c18-10-2-3-11-12(6-16(22)20-15(11)5-10)17(23)21-7-9-1-4-14(19)13(9)8-21/h2-3,5-6,9,13-14H,1,4,7-8,19H2,(H,20,22). The number of aromatic amines is 1. The van der Waals surface area contributed by atoms with E-state index in [9.17, 15) is 14.0 Å². The van der Waals surface area contributed by atoms with Crippen LogP contribution in [0.2, 0.25) is 0 Å². The summed E-state index contributed by atoms with van der Waals surface area (Å²) in [6.45, 7) is 1.33. The van der Waals surface area contributed by atoms with Crippen LogP contribution >= 0.6 is 0 Å². The molecule has 0 radical (unpaired) electrons. The van der Waals surface area contributed by atoms with Crippen LogP contribution in [0.15, 0.2) is 29.1 Å². The quantitative estimate of drug-likeness (QED) is 0.836. The smallest absolute Gasteiger partial charge is 0.254 e. The highest BCUT2D eigenvalue weighted by atomic mass is 19.1. The van der Waals surface area contributed by atoms with Gasteiger partial charge < -0.3 is 15.6 Å². The van der Waals surface area contributed by atoms with Gasteiger partial charge in [-0.1, -0.05) is 0 Å². The van der Waals surface area contributed by atoms with E-state index < -0.39 is 11.4 Å². The lowest BCUT2D eigenvalue weighted by Gasteiger charge is -2.19. The lowest BCUT2D eigenvalue weighted by atomic mass is 9.98. The van der Waals surface area contributed by atoms with Crippen LogP contribution in [0.5, 0.6) is 0 Å². The zero-order valence-electron chi connectivity index (χ0n) is 12.6. The molecule has 2 heterocycles. The monoisotopic (exact) mass is 315 g/mol. The fraction of sp³-hybridized carbons (Fsp3) is 0.412. The number of benzene rings is 1. The number of likely N-dealkylation sites (tertiary alicyclic amines) is 1. The zero-order valence-corrected chi connectivity index (χ0v) is 12.6. The first kappa shape index (κ1) is 14.4. The summed E-state index contributed by atoms with van der Waals surface area (Å²) in [6, 6.07) is 5.53. The van der Waals surface area contributed by atoms with Crippen molar-refractivity contribution in [2.45, 2.75) is 18.9 Å². The first-order valence-corrected chi connectivity index (χ1v) is 7.90. The molecule has 0 spiro atoms. The Labute approximate surface area is 132 Å². The maximum Gasteiger partial charge on any atom is 0.254 e. The number of nitrogens with two attached hydrogens (primary N) is 1. The fourth-order valence-corrected chi connectivity index (χ4v) is 4.05. The Morgan fingerprint density at radius 3 is 2.87 bits per heavy atom. The normalized spacial score (nSPS) is 26.7. The molecule has 3 atom stereocenters. The zero-order chi connectivity index (χ0) is 16.1. The van der Waals surface area contributed by atoms with Gasteiger partial charge in [-0.2, -0.15) is 0 Å². The van der Waals surface area contributed by atoms with Gasteiger partial charge in [-0.05, 0) is 42.9 Å². The molecule has 1 saturated heterocycles. The topological polar surface area (TPSA) is 79.2 Å². The van der Waals surface area contributed by atoms with Gasteiger partial charge in [-0.15, -0.1) is 0 Å². The highest BCUT2D eigenvalue weighted by molar-refractivity contribution is 6.06. The van der Waals surface area contributed by atoms with E-state index in [0.29, 0.717) is 41.4 Å². The van der Waals surface area contributed by atoms with Gasteiger partial charge in [-0.25, -0.2) is 4.39 Å². The molecule has 5 nitrogen and oxygen atoms in total. The summed E-state index contributed by atoms with van der Waals surface area (Å²) in [5, 5.41) is 0.567. The number of amides is 1. The van der Waals surface area contributed by atoms with E-state index in [1.807, 2.05) is 0 Å². The minimum atomic E-state index is -0.445. The SMILES string of the molecule is NC1CCC2CN(C(=O)c3cc(=O)[nH]c4cc(F)ccc34)CC12. The predicted octanol–water partition coefficient (Wildman–Crippen LogP) is 1.48. The molecule has 3 N–H and O–H groups in total. The largest absolute Gasteiger partial charge is 0.338 e. The van der Waals surface area contributed by atoms with E-state index >= 15 is 0 Å². The molecule has 1 aliphatic heterocycles. The Hall–Kier alpha value is -2.21. The van der Waals surface area contributed by atoms with Crippen LogP contribution in [0, 0.1) is 17.7 Å². The summed E-state index contributed by atoms with van der Waals surface area (Å²) < 4.78 is 13.4. The number of nitrogens with zero attached hydrogens (tertiary/aromatic N) is 1. The van der Waals surface area contributed by atoms with Crippen molar-refractivity contribution in [1.82, 2.24) is 9.88 Å². The van der Waals surface area contributed by atoms with Crippen LogP contribution in [0.25, 0.3) is 10.9 Å². The van der Waals surface area contributed by atoms with Gasteiger partial charge in [0.05, 0.1) is 11.1 Å². The van der Waals surface area contributed by atoms with Crippen molar-refractivity contribution in [2.24, 2.45) is 17.6 Å². The van der Waals surface area contributed by atoms with Crippen molar-refractivity contribution in [3.8, 4) is 0 Å². The number of hydrogen-bond acceptors (Lipinski definition) is 3. The molecule has 1 aliphatic carbocycles. The summed E-state index contributed by atoms with van der Waals surface area (Å²) >= 11 is 0. The molecule has 120 valence electrons. The van der Waals surface area contributed by atoms with Crippen LogP contribution in [0.1, 0.15) is 23.2 Å². The van der Waals surface area contributed by atoms with Gasteiger partial charge in [0.15, 0.2) is 0 Å². The van der Waals surface area contributed by atoms with Crippen LogP contribution in [0.4, 0.5) is 4.39 Å². The molecule has 0 bridgehead atoms. The summed E-state index contributed by atoms with van der Waals surface area (Å²) in [5.74, 6) is 0.193. The van der Waals surface area contributed by atoms with E-state index in [0.717, 1.165) is 12.8 Å². The summed E-state index contributed by atoms with van der Waals surface area (Å²) in [7, 11) is 0. The fourth-order valence-electron chi connectivity index (χ4n) is 4.05. The third-order valence-electron chi connectivity index (χ3n) is 5.24. The number of halogens is 1. The molecule has 1 aromatic carbocycles. The Kier molecular flexibility index (Phi) is 3.23. The van der Waals surface area contributed by atoms with Gasteiger partial charge in [0.2, 0.25) is 5.56 Å². The van der Waals surface area contributed by atoms with E-state index in [1.54, 1.807) is 4.90 Å². The second kappa shape index (κ2) is 5.16. The third-order valence-corrected chi connectivity index (χ3v) is 5.24. The number of carbonyl (C=O) groups is 1. The Bertz CT molecular complexity index is 847. The Morgan fingerprint density at radius 1 is 1.26 bits per heavy atom. The molecular weight excluding hydrogens is 297 g/mol. The van der Waals surface area contributed by atoms with E-state index in [-0.39, 0.29) is 11.9 Å². The summed E-state index contributed by atoms with van der Waals surface area (Å²) in [6.07, 6.45) is 2.07. The highest BCUT2D eigenvalue weighted by Gasteiger charge is 2.42. The average molecular weight is 315 g/mol. The van der Waals surface area contributed by atoms with Gasteiger partial charge in [0.1, 0.15) is 5.82 Å². The Morgan fingerprint density at radius 2 is 2.09 bits per heavy atom. The highest BCUT2D eigenvalue weighted by Crippen LogP contribution is 2.37. The molecule has 6 heteroatoms. The number of rotatable bonds is 1. The molecule has 1 saturated carbocycles. The number of fused-ring (bicyclic) bond motifs is 2. The van der Waals surface area contributed by atoms with Crippen molar-refractivity contribution in [3.05, 3.63) is 46.0 Å². The molecule has 4 rings (SSSR count). The molecule has 23 heavy (non-hydrogen) atoms. The van der Waals surface area contributed by atoms with Gasteiger partial charge >= 0.3 is 0 Å². The average Bonchev–Trinajstić information content (AvgIpc) is 3.08. The van der Waals surface area contributed by atoms with E-state index in [2.05, 4.69) is 4.98 Å². The first-order valence-electron chi connectivity index (χ1n) is 7.90. The van der Waals surface area contributed by atoms with Crippen LogP contribution in [-0.4, -0.2) is 34.9 Å². The second-order valence-electron chi connectivity index (χ2n) is 6.61. The summed E-state index contributed by atoms with van der Waals surface area (Å²) in [4.78, 5) is 29.0. The number of nitrogens with one attached hydrogen (secondary N) is 1. The molecule has 2 fully saturated rings. The van der Waals surface area contributed by atoms with Crippen molar-refractivity contribution in [1.29, 1.82) is 0 Å². The maximum absolute atomic E-state index is 13.4. The Balaban J connectivity index is 1.72. The van der Waals surface area contributed by atoms with Crippen LogP contribution in [-0.2, 0) is 0 Å². The van der Waals surface area contributed by atoms with Crippen molar-refractivity contribution in [2.75, 3.05) is 13.1 Å². The third kappa shape index (κ3) is 2.34. The van der Waals surface area contributed by atoms with E-state index in [4.69, 9.17) is 5.73 Å². The van der Waals surface area contributed by atoms with Crippen LogP contribution < -0.4 is 11.3 Å². The molecule has 1 amide bonds. The molecular formula is C17H18FN3O2. The minimum Gasteiger partial charge on any atom is -0.338 e. The van der Waals surface area contributed by atoms with Crippen molar-refractivity contribution >= 4 is 16.8 Å². The van der Waals surface area contributed by atoms with E-state index in [1.165, 1.54) is 24.3 Å². The number of pyridine rings is 1. The molecule has 1 aromatic heterocycles. The van der Waals surface area contributed by atoms with Gasteiger partial charge in [0.25, 0.3) is 5.91 Å². The van der Waals surface area contributed by atoms with Crippen molar-refractivity contribution in [3.63, 3.8) is 0 Å². The summed E-state index contributed by atoms with van der Waals surface area (Å²) in [5.41, 5.74) is 6.39. The first-order chi connectivity index (χ1) is 11.0. The molecule has 3 unspecified atom stereocenters. The van der Waals surface area contributed by atoms with Gasteiger partial charge in [-0.3, -0.25) is 9.59 Å². The van der Waals surface area contributed by atoms with Gasteiger partial charge in [0, 0.05) is 30.6 Å². The van der Waals surface area contributed by atoms with Crippen molar-refractivity contribution < 1.29 is 9.18 Å². The number of aromatic nitrogens is 1. The number of H-pyrrole nitrogens is 1.